The van der Waals surface area contributed by atoms with Gasteiger partial charge < -0.3 is 14.6 Å². The van der Waals surface area contributed by atoms with Crippen molar-refractivity contribution in [1.29, 1.82) is 0 Å². The molecule has 8 heteroatoms. The molecule has 1 aliphatic rings. The fourth-order valence-corrected chi connectivity index (χ4v) is 4.00. The van der Waals surface area contributed by atoms with E-state index in [9.17, 15) is 9.59 Å². The topological polar surface area (TPSA) is 87.5 Å². The van der Waals surface area contributed by atoms with E-state index in [0.29, 0.717) is 31.7 Å². The maximum absolute atomic E-state index is 12.6. The average Bonchev–Trinajstić information content (AvgIpc) is 3.11. The summed E-state index contributed by atoms with van der Waals surface area (Å²) in [7, 11) is 1.75. The number of rotatable bonds is 7. The molecule has 0 fully saturated rings. The Hall–Kier alpha value is -3.16. The number of aromatic nitrogens is 1. The quantitative estimate of drug-likeness (QED) is 0.417. The van der Waals surface area contributed by atoms with Crippen LogP contribution in [0.2, 0.25) is 0 Å². The molecule has 0 aliphatic carbocycles. The normalized spacial score (nSPS) is 15.7. The van der Waals surface area contributed by atoms with Gasteiger partial charge in [-0.25, -0.2) is 9.82 Å². The Balaban J connectivity index is 1.43. The summed E-state index contributed by atoms with van der Waals surface area (Å²) in [6.45, 7) is 2.94. The van der Waals surface area contributed by atoms with Gasteiger partial charge in [-0.05, 0) is 60.9 Å². The van der Waals surface area contributed by atoms with Gasteiger partial charge in [0.15, 0.2) is 0 Å². The van der Waals surface area contributed by atoms with Crippen molar-refractivity contribution in [2.75, 3.05) is 18.9 Å². The molecule has 7 nitrogen and oxygen atoms in total. The molecular formula is C24H25ClN4O3. The Kier molecular flexibility index (Phi) is 6.58. The standard InChI is InChI=1S/C24H25ClN4O3/c1-15-19-5-3-4-6-20(19)32-21(15)14-29(2)22(30)8-7-16-11-18-12-17(9-10-27-25)24(31)28-23(18)26-13-16/h3-8,11,13,17,27H,9-10,12,14H2,1-2H3,(H,26,28,31)/b8-7+. The predicted octanol–water partition coefficient (Wildman–Crippen LogP) is 4.05. The van der Waals surface area contributed by atoms with Crippen molar-refractivity contribution >= 4 is 46.5 Å². The third-order valence-electron chi connectivity index (χ3n) is 5.77. The van der Waals surface area contributed by atoms with Gasteiger partial charge in [-0.15, -0.1) is 0 Å². The molecule has 0 saturated heterocycles. The first-order valence-electron chi connectivity index (χ1n) is 10.5. The lowest BCUT2D eigenvalue weighted by Crippen LogP contribution is -2.32. The number of anilines is 1. The van der Waals surface area contributed by atoms with Crippen molar-refractivity contribution in [1.82, 2.24) is 14.7 Å². The number of aryl methyl sites for hydroxylation is 1. The lowest BCUT2D eigenvalue weighted by molar-refractivity contribution is -0.125. The fourth-order valence-electron chi connectivity index (χ4n) is 3.89. The van der Waals surface area contributed by atoms with Crippen LogP contribution in [0.15, 0.2) is 47.0 Å². The number of halogens is 1. The van der Waals surface area contributed by atoms with E-state index in [1.807, 2.05) is 37.3 Å². The number of amides is 2. The van der Waals surface area contributed by atoms with E-state index in [1.54, 1.807) is 24.2 Å². The number of para-hydroxylation sites is 1. The summed E-state index contributed by atoms with van der Waals surface area (Å²) in [5, 5.41) is 3.90. The van der Waals surface area contributed by atoms with Crippen molar-refractivity contribution < 1.29 is 14.0 Å². The van der Waals surface area contributed by atoms with Gasteiger partial charge in [-0.2, -0.15) is 0 Å². The Bertz CT molecular complexity index is 1190. The van der Waals surface area contributed by atoms with E-state index in [-0.39, 0.29) is 17.7 Å². The van der Waals surface area contributed by atoms with Crippen molar-refractivity contribution in [2.45, 2.75) is 26.3 Å². The van der Waals surface area contributed by atoms with Crippen LogP contribution in [-0.2, 0) is 22.6 Å². The van der Waals surface area contributed by atoms with Gasteiger partial charge >= 0.3 is 0 Å². The average molecular weight is 453 g/mol. The predicted molar refractivity (Wildman–Crippen MR) is 125 cm³/mol. The number of fused-ring (bicyclic) bond motifs is 2. The zero-order valence-electron chi connectivity index (χ0n) is 18.0. The fraction of sp³-hybridized carbons (Fsp3) is 0.292. The molecule has 0 radical (unpaired) electrons. The molecule has 32 heavy (non-hydrogen) atoms. The number of nitrogens with zero attached hydrogens (tertiary/aromatic N) is 2. The second-order valence-electron chi connectivity index (χ2n) is 8.01. The number of likely N-dealkylation sites (N-methyl/N-ethyl adjacent to an activating group) is 1. The zero-order chi connectivity index (χ0) is 22.7. The first-order valence-corrected chi connectivity index (χ1v) is 10.9. The first-order chi connectivity index (χ1) is 15.5. The first kappa shape index (κ1) is 22.0. The summed E-state index contributed by atoms with van der Waals surface area (Å²) in [6, 6.07) is 9.80. The van der Waals surface area contributed by atoms with E-state index in [2.05, 4.69) is 15.1 Å². The largest absolute Gasteiger partial charge is 0.459 e. The monoisotopic (exact) mass is 452 g/mol. The second kappa shape index (κ2) is 9.54. The summed E-state index contributed by atoms with van der Waals surface area (Å²) in [6.07, 6.45) is 6.14. The Morgan fingerprint density at radius 1 is 1.41 bits per heavy atom. The van der Waals surface area contributed by atoms with E-state index < -0.39 is 0 Å². The van der Waals surface area contributed by atoms with Gasteiger partial charge in [-0.1, -0.05) is 18.2 Å². The van der Waals surface area contributed by atoms with Crippen LogP contribution in [-0.4, -0.2) is 35.3 Å². The number of furan rings is 1. The molecule has 2 N–H and O–H groups in total. The van der Waals surface area contributed by atoms with Crippen LogP contribution in [0, 0.1) is 12.8 Å². The van der Waals surface area contributed by atoms with Crippen molar-refractivity contribution in [3.8, 4) is 0 Å². The maximum atomic E-state index is 12.6. The van der Waals surface area contributed by atoms with E-state index in [4.69, 9.17) is 16.2 Å². The summed E-state index contributed by atoms with van der Waals surface area (Å²) >= 11 is 5.53. The molecule has 2 amide bonds. The third kappa shape index (κ3) is 4.69. The molecule has 1 unspecified atom stereocenters. The number of pyridine rings is 1. The molecule has 166 valence electrons. The second-order valence-corrected chi connectivity index (χ2v) is 8.28. The Morgan fingerprint density at radius 2 is 2.22 bits per heavy atom. The number of carbonyl (C=O) groups is 2. The zero-order valence-corrected chi connectivity index (χ0v) is 18.8. The molecule has 2 aromatic heterocycles. The van der Waals surface area contributed by atoms with Gasteiger partial charge in [0.25, 0.3) is 0 Å². The number of hydrogen-bond donors (Lipinski definition) is 2. The van der Waals surface area contributed by atoms with Crippen LogP contribution >= 0.6 is 11.8 Å². The van der Waals surface area contributed by atoms with Crippen molar-refractivity contribution in [3.05, 3.63) is 65.1 Å². The highest BCUT2D eigenvalue weighted by Crippen LogP contribution is 2.27. The van der Waals surface area contributed by atoms with Gasteiger partial charge in [0, 0.05) is 42.7 Å². The molecular weight excluding hydrogens is 428 g/mol. The van der Waals surface area contributed by atoms with Gasteiger partial charge in [0.05, 0.1) is 6.54 Å². The molecule has 3 aromatic rings. The van der Waals surface area contributed by atoms with Gasteiger partial charge in [0.1, 0.15) is 17.2 Å². The summed E-state index contributed by atoms with van der Waals surface area (Å²) in [4.78, 5) is 33.3. The van der Waals surface area contributed by atoms with Crippen LogP contribution in [0.3, 0.4) is 0 Å². The SMILES string of the molecule is Cc1c(CN(C)C(=O)/C=C/c2cnc3c(c2)CC(CCNCl)C(=O)N3)oc2ccccc12. The summed E-state index contributed by atoms with van der Waals surface area (Å²) in [5.74, 6) is 1.01. The lowest BCUT2D eigenvalue weighted by Gasteiger charge is -2.23. The van der Waals surface area contributed by atoms with E-state index in [1.165, 1.54) is 6.08 Å². The number of nitrogens with one attached hydrogen (secondary N) is 2. The Labute approximate surface area is 191 Å². The number of hydrogen-bond acceptors (Lipinski definition) is 5. The number of carbonyl (C=O) groups excluding carboxylic acids is 2. The molecule has 0 bridgehead atoms. The molecule has 1 aliphatic heterocycles. The molecule has 1 atom stereocenters. The van der Waals surface area contributed by atoms with E-state index in [0.717, 1.165) is 33.4 Å². The summed E-state index contributed by atoms with van der Waals surface area (Å²) < 4.78 is 5.92. The highest BCUT2D eigenvalue weighted by molar-refractivity contribution is 6.13. The molecule has 3 heterocycles. The Morgan fingerprint density at radius 3 is 3.00 bits per heavy atom. The van der Waals surface area contributed by atoms with Crippen LogP contribution in [0.25, 0.3) is 17.0 Å². The lowest BCUT2D eigenvalue weighted by atomic mass is 9.92. The minimum Gasteiger partial charge on any atom is -0.459 e. The van der Waals surface area contributed by atoms with Crippen LogP contribution in [0.4, 0.5) is 5.82 Å². The smallest absolute Gasteiger partial charge is 0.246 e. The minimum atomic E-state index is -0.158. The van der Waals surface area contributed by atoms with Gasteiger partial charge in [-0.3, -0.25) is 9.59 Å². The third-order valence-corrected chi connectivity index (χ3v) is 5.96. The highest BCUT2D eigenvalue weighted by atomic mass is 35.5. The van der Waals surface area contributed by atoms with Gasteiger partial charge in [0.2, 0.25) is 11.8 Å². The molecule has 4 rings (SSSR count). The minimum absolute atomic E-state index is 0.0436. The van der Waals surface area contributed by atoms with Crippen molar-refractivity contribution in [2.24, 2.45) is 5.92 Å². The number of benzene rings is 1. The maximum Gasteiger partial charge on any atom is 0.246 e. The van der Waals surface area contributed by atoms with Crippen LogP contribution in [0.5, 0.6) is 0 Å². The highest BCUT2D eigenvalue weighted by Gasteiger charge is 2.26. The molecule has 0 saturated carbocycles. The summed E-state index contributed by atoms with van der Waals surface area (Å²) in [5.41, 5.74) is 3.62. The van der Waals surface area contributed by atoms with Crippen LogP contribution in [0.1, 0.15) is 28.9 Å². The van der Waals surface area contributed by atoms with Crippen LogP contribution < -0.4 is 10.2 Å². The van der Waals surface area contributed by atoms with Crippen molar-refractivity contribution in [3.63, 3.8) is 0 Å². The molecule has 1 aromatic carbocycles. The molecule has 0 spiro atoms. The van der Waals surface area contributed by atoms with E-state index >= 15 is 0 Å².